The van der Waals surface area contributed by atoms with Crippen LogP contribution in [0.4, 0.5) is 0 Å². The van der Waals surface area contributed by atoms with Crippen molar-refractivity contribution in [1.29, 1.82) is 0 Å². The minimum atomic E-state index is 0.566. The molecular weight excluding hydrogens is 128 g/mol. The number of rotatable bonds is 5. The monoisotopic (exact) mass is 144 g/mol. The van der Waals surface area contributed by atoms with Crippen LogP contribution in [0.3, 0.4) is 0 Å². The minimum absolute atomic E-state index is 0.566. The lowest BCUT2D eigenvalue weighted by atomic mass is 10.4. The van der Waals surface area contributed by atoms with Gasteiger partial charge in [0.1, 0.15) is 12.4 Å². The van der Waals surface area contributed by atoms with E-state index in [1.165, 1.54) is 0 Å². The second-order valence-corrected chi connectivity index (χ2v) is 2.12. The van der Waals surface area contributed by atoms with Gasteiger partial charge in [0.05, 0.1) is 0 Å². The van der Waals surface area contributed by atoms with Crippen LogP contribution in [-0.4, -0.2) is 12.4 Å². The first-order valence-corrected chi connectivity index (χ1v) is 3.75. The molecule has 0 saturated carbocycles. The summed E-state index contributed by atoms with van der Waals surface area (Å²) in [7, 11) is 0. The number of oxime groups is 1. The molecule has 0 bridgehead atoms. The van der Waals surface area contributed by atoms with Crippen LogP contribution in [0, 0.1) is 0 Å². The molecular formula is C7H16N2O. The minimum Gasteiger partial charge on any atom is -0.394 e. The summed E-state index contributed by atoms with van der Waals surface area (Å²) in [6.07, 6.45) is 2.92. The van der Waals surface area contributed by atoms with Crippen LogP contribution in [0.15, 0.2) is 5.16 Å². The van der Waals surface area contributed by atoms with Crippen LogP contribution < -0.4 is 5.73 Å². The molecule has 0 aromatic heterocycles. The predicted molar refractivity (Wildman–Crippen MR) is 42.8 cm³/mol. The van der Waals surface area contributed by atoms with E-state index in [-0.39, 0.29) is 0 Å². The maximum absolute atomic E-state index is 5.38. The van der Waals surface area contributed by atoms with E-state index in [0.29, 0.717) is 12.4 Å². The number of hydrogen-bond acceptors (Lipinski definition) is 2. The molecule has 0 aliphatic heterocycles. The van der Waals surface area contributed by atoms with Crippen molar-refractivity contribution in [2.75, 3.05) is 6.61 Å². The first-order valence-electron chi connectivity index (χ1n) is 3.75. The molecule has 0 aromatic rings. The summed E-state index contributed by atoms with van der Waals surface area (Å²) in [4.78, 5) is 4.89. The molecule has 0 aliphatic rings. The lowest BCUT2D eigenvalue weighted by Gasteiger charge is -1.97. The average molecular weight is 144 g/mol. The van der Waals surface area contributed by atoms with E-state index in [4.69, 9.17) is 10.6 Å². The molecule has 0 aliphatic carbocycles. The third-order valence-corrected chi connectivity index (χ3v) is 1.13. The second-order valence-electron chi connectivity index (χ2n) is 2.12. The number of hydrogen-bond donors (Lipinski definition) is 1. The van der Waals surface area contributed by atoms with Crippen LogP contribution in [0.2, 0.25) is 0 Å². The van der Waals surface area contributed by atoms with Crippen LogP contribution >= 0.6 is 0 Å². The third kappa shape index (κ3) is 5.41. The van der Waals surface area contributed by atoms with Crippen molar-refractivity contribution in [1.82, 2.24) is 0 Å². The molecule has 0 aromatic carbocycles. The van der Waals surface area contributed by atoms with E-state index >= 15 is 0 Å². The van der Waals surface area contributed by atoms with Crippen molar-refractivity contribution in [3.05, 3.63) is 0 Å². The molecule has 0 fully saturated rings. The van der Waals surface area contributed by atoms with Gasteiger partial charge in [0.25, 0.3) is 0 Å². The molecule has 3 heteroatoms. The van der Waals surface area contributed by atoms with Gasteiger partial charge in [0.2, 0.25) is 0 Å². The Morgan fingerprint density at radius 1 is 1.50 bits per heavy atom. The molecule has 0 radical (unpaired) electrons. The molecule has 0 spiro atoms. The Labute approximate surface area is 62.2 Å². The molecule has 0 unspecified atom stereocenters. The van der Waals surface area contributed by atoms with Gasteiger partial charge < -0.3 is 10.6 Å². The number of amidine groups is 1. The fourth-order valence-corrected chi connectivity index (χ4v) is 0.402. The topological polar surface area (TPSA) is 47.6 Å². The third-order valence-electron chi connectivity index (χ3n) is 1.13. The number of nitrogens with zero attached hydrogens (tertiary/aromatic N) is 1. The second kappa shape index (κ2) is 6.39. The van der Waals surface area contributed by atoms with Gasteiger partial charge in [0.15, 0.2) is 0 Å². The highest BCUT2D eigenvalue weighted by Crippen LogP contribution is 1.88. The molecule has 60 valence electrons. The van der Waals surface area contributed by atoms with Crippen molar-refractivity contribution < 1.29 is 4.84 Å². The molecule has 0 atom stereocenters. The zero-order valence-corrected chi connectivity index (χ0v) is 6.76. The Morgan fingerprint density at radius 2 is 2.20 bits per heavy atom. The summed E-state index contributed by atoms with van der Waals surface area (Å²) in [6.45, 7) is 4.73. The molecule has 0 saturated heterocycles. The molecule has 3 nitrogen and oxygen atoms in total. The van der Waals surface area contributed by atoms with Crippen molar-refractivity contribution in [3.63, 3.8) is 0 Å². The smallest absolute Gasteiger partial charge is 0.139 e. The van der Waals surface area contributed by atoms with Crippen molar-refractivity contribution in [3.8, 4) is 0 Å². The highest BCUT2D eigenvalue weighted by Gasteiger charge is 1.85. The first-order chi connectivity index (χ1) is 4.81. The van der Waals surface area contributed by atoms with Gasteiger partial charge in [-0.1, -0.05) is 25.4 Å². The van der Waals surface area contributed by atoms with Gasteiger partial charge in [-0.2, -0.15) is 0 Å². The Bertz CT molecular complexity index is 102. The molecule has 0 rings (SSSR count). The quantitative estimate of drug-likeness (QED) is 0.275. The Morgan fingerprint density at radius 3 is 2.70 bits per heavy atom. The van der Waals surface area contributed by atoms with Crippen molar-refractivity contribution >= 4 is 5.84 Å². The van der Waals surface area contributed by atoms with E-state index in [9.17, 15) is 0 Å². The number of unbranched alkanes of at least 4 members (excludes halogenated alkanes) is 1. The highest BCUT2D eigenvalue weighted by molar-refractivity contribution is 5.79. The normalized spacial score (nSPS) is 11.6. The predicted octanol–water partition coefficient (Wildman–Crippen LogP) is 1.49. The van der Waals surface area contributed by atoms with E-state index in [1.54, 1.807) is 0 Å². The summed E-state index contributed by atoms with van der Waals surface area (Å²) < 4.78 is 0. The largest absolute Gasteiger partial charge is 0.394 e. The summed E-state index contributed by atoms with van der Waals surface area (Å²) >= 11 is 0. The van der Waals surface area contributed by atoms with Gasteiger partial charge in [-0.3, -0.25) is 0 Å². The SMILES string of the molecule is CCCCO/N=C(\N)CC. The maximum atomic E-state index is 5.38. The summed E-state index contributed by atoms with van der Waals surface area (Å²) in [5.74, 6) is 0.566. The van der Waals surface area contributed by atoms with Gasteiger partial charge in [-0.15, -0.1) is 0 Å². The molecule has 10 heavy (non-hydrogen) atoms. The maximum Gasteiger partial charge on any atom is 0.139 e. The fourth-order valence-electron chi connectivity index (χ4n) is 0.402. The van der Waals surface area contributed by atoms with Crippen molar-refractivity contribution in [2.24, 2.45) is 10.9 Å². The van der Waals surface area contributed by atoms with E-state index in [2.05, 4.69) is 12.1 Å². The zero-order valence-electron chi connectivity index (χ0n) is 6.76. The summed E-state index contributed by atoms with van der Waals surface area (Å²) in [5.41, 5.74) is 5.38. The molecule has 0 amide bonds. The van der Waals surface area contributed by atoms with Gasteiger partial charge in [0, 0.05) is 6.42 Å². The molecule has 2 N–H and O–H groups in total. The van der Waals surface area contributed by atoms with Gasteiger partial charge in [-0.05, 0) is 6.42 Å². The highest BCUT2D eigenvalue weighted by atomic mass is 16.6. The Kier molecular flexibility index (Phi) is 5.92. The Hall–Kier alpha value is -0.730. The van der Waals surface area contributed by atoms with Gasteiger partial charge in [-0.25, -0.2) is 0 Å². The summed E-state index contributed by atoms with van der Waals surface area (Å²) in [6, 6.07) is 0. The lowest BCUT2D eigenvalue weighted by molar-refractivity contribution is 0.140. The standard InChI is InChI=1S/C7H16N2O/c1-3-5-6-10-9-7(8)4-2/h3-6H2,1-2H3,(H2,8,9). The number of nitrogens with two attached hydrogens (primary N) is 1. The lowest BCUT2D eigenvalue weighted by Crippen LogP contribution is -2.10. The van der Waals surface area contributed by atoms with E-state index in [1.807, 2.05) is 6.92 Å². The van der Waals surface area contributed by atoms with Crippen LogP contribution in [0.25, 0.3) is 0 Å². The summed E-state index contributed by atoms with van der Waals surface area (Å²) in [5, 5.41) is 3.67. The van der Waals surface area contributed by atoms with Crippen LogP contribution in [0.5, 0.6) is 0 Å². The average Bonchev–Trinajstić information content (AvgIpc) is 1.98. The Balaban J connectivity index is 3.16. The van der Waals surface area contributed by atoms with Crippen molar-refractivity contribution in [2.45, 2.75) is 33.1 Å². The van der Waals surface area contributed by atoms with E-state index in [0.717, 1.165) is 19.3 Å². The zero-order chi connectivity index (χ0) is 7.82. The van der Waals surface area contributed by atoms with Crippen LogP contribution in [-0.2, 0) is 4.84 Å². The molecule has 0 heterocycles. The van der Waals surface area contributed by atoms with Gasteiger partial charge >= 0.3 is 0 Å². The fraction of sp³-hybridized carbons (Fsp3) is 0.857. The first kappa shape index (κ1) is 9.27. The van der Waals surface area contributed by atoms with E-state index < -0.39 is 0 Å². The van der Waals surface area contributed by atoms with Crippen LogP contribution in [0.1, 0.15) is 33.1 Å².